The molecule has 0 aromatic heterocycles. The molecule has 37 heavy (non-hydrogen) atoms. The van der Waals surface area contributed by atoms with E-state index < -0.39 is 17.9 Å². The molecule has 0 bridgehead atoms. The fraction of sp³-hybridized carbons (Fsp3) is 0.133. The van der Waals surface area contributed by atoms with Crippen LogP contribution in [0, 0.1) is 0 Å². The van der Waals surface area contributed by atoms with E-state index in [0.717, 1.165) is 16.7 Å². The number of amides is 1. The molecule has 0 radical (unpaired) electrons. The van der Waals surface area contributed by atoms with Gasteiger partial charge in [0, 0.05) is 6.42 Å². The fourth-order valence-electron chi connectivity index (χ4n) is 4.04. The Balaban J connectivity index is 1.54. The maximum atomic E-state index is 13.1. The van der Waals surface area contributed by atoms with Gasteiger partial charge in [0.25, 0.3) is 5.91 Å². The summed E-state index contributed by atoms with van der Waals surface area (Å²) in [5, 5.41) is 23.2. The zero-order chi connectivity index (χ0) is 26.4. The van der Waals surface area contributed by atoms with Crippen molar-refractivity contribution >= 4 is 11.9 Å². The second-order valence-electron chi connectivity index (χ2n) is 8.43. The predicted octanol–water partition coefficient (Wildman–Crippen LogP) is 4.95. The molecule has 0 aliphatic carbocycles. The lowest BCUT2D eigenvalue weighted by Crippen LogP contribution is -2.43. The van der Waals surface area contributed by atoms with Crippen LogP contribution in [0.15, 0.2) is 91.0 Å². The molecule has 1 amide bonds. The van der Waals surface area contributed by atoms with Crippen LogP contribution in [0.4, 0.5) is 0 Å². The first-order valence-corrected chi connectivity index (χ1v) is 11.6. The SMILES string of the molecule is COC(=O)[C@H](Cc1ccc(-c2ccccc2)cc1)NC(=O)c1cc(-c2ccc(OC)c(O)c2)ccc1O. The molecule has 0 saturated heterocycles. The fourth-order valence-corrected chi connectivity index (χ4v) is 4.04. The van der Waals surface area contributed by atoms with E-state index in [1.807, 2.05) is 54.6 Å². The van der Waals surface area contributed by atoms with Crippen molar-refractivity contribution in [1.82, 2.24) is 5.32 Å². The Kier molecular flexibility index (Phi) is 7.74. The second-order valence-corrected chi connectivity index (χ2v) is 8.43. The summed E-state index contributed by atoms with van der Waals surface area (Å²) in [6.45, 7) is 0. The van der Waals surface area contributed by atoms with Gasteiger partial charge >= 0.3 is 5.97 Å². The van der Waals surface area contributed by atoms with Gasteiger partial charge in [-0.2, -0.15) is 0 Å². The smallest absolute Gasteiger partial charge is 0.328 e. The van der Waals surface area contributed by atoms with Gasteiger partial charge in [0.05, 0.1) is 19.8 Å². The van der Waals surface area contributed by atoms with Gasteiger partial charge in [-0.1, -0.05) is 66.7 Å². The van der Waals surface area contributed by atoms with Crippen molar-refractivity contribution < 1.29 is 29.3 Å². The molecular weight excluding hydrogens is 470 g/mol. The van der Waals surface area contributed by atoms with Gasteiger partial charge in [-0.3, -0.25) is 4.79 Å². The van der Waals surface area contributed by atoms with Crippen LogP contribution in [-0.4, -0.2) is 42.4 Å². The lowest BCUT2D eigenvalue weighted by molar-refractivity contribution is -0.142. The third-order valence-electron chi connectivity index (χ3n) is 6.05. The van der Waals surface area contributed by atoms with E-state index in [9.17, 15) is 19.8 Å². The van der Waals surface area contributed by atoms with E-state index in [0.29, 0.717) is 16.9 Å². The first-order valence-electron chi connectivity index (χ1n) is 11.6. The molecule has 4 aromatic rings. The summed E-state index contributed by atoms with van der Waals surface area (Å²) in [5.41, 5.74) is 4.15. The minimum absolute atomic E-state index is 0.0128. The van der Waals surface area contributed by atoms with E-state index >= 15 is 0 Å². The summed E-state index contributed by atoms with van der Waals surface area (Å²) in [7, 11) is 2.71. The van der Waals surface area contributed by atoms with Crippen LogP contribution in [0.2, 0.25) is 0 Å². The third-order valence-corrected chi connectivity index (χ3v) is 6.05. The number of aromatic hydroxyl groups is 2. The molecule has 0 fully saturated rings. The first kappa shape index (κ1) is 25.3. The van der Waals surface area contributed by atoms with Gasteiger partial charge in [-0.25, -0.2) is 4.79 Å². The highest BCUT2D eigenvalue weighted by atomic mass is 16.5. The molecule has 0 saturated carbocycles. The van der Waals surface area contributed by atoms with Crippen LogP contribution in [0.3, 0.4) is 0 Å². The van der Waals surface area contributed by atoms with E-state index in [1.54, 1.807) is 18.2 Å². The molecule has 4 rings (SSSR count). The van der Waals surface area contributed by atoms with Crippen molar-refractivity contribution in [1.29, 1.82) is 0 Å². The molecule has 1 atom stereocenters. The van der Waals surface area contributed by atoms with E-state index in [-0.39, 0.29) is 23.5 Å². The molecule has 0 heterocycles. The van der Waals surface area contributed by atoms with Gasteiger partial charge in [-0.05, 0) is 52.1 Å². The van der Waals surface area contributed by atoms with Crippen molar-refractivity contribution in [2.45, 2.75) is 12.5 Å². The molecular formula is C30H27NO6. The maximum Gasteiger partial charge on any atom is 0.328 e. The van der Waals surface area contributed by atoms with Crippen molar-refractivity contribution in [3.63, 3.8) is 0 Å². The van der Waals surface area contributed by atoms with Gasteiger partial charge in [0.2, 0.25) is 0 Å². The van der Waals surface area contributed by atoms with Crippen LogP contribution in [-0.2, 0) is 16.0 Å². The molecule has 3 N–H and O–H groups in total. The number of phenols is 2. The van der Waals surface area contributed by atoms with Crippen molar-refractivity contribution in [2.24, 2.45) is 0 Å². The Labute approximate surface area is 214 Å². The highest BCUT2D eigenvalue weighted by Gasteiger charge is 2.24. The van der Waals surface area contributed by atoms with E-state index in [2.05, 4.69) is 5.32 Å². The summed E-state index contributed by atoms with van der Waals surface area (Å²) in [6.07, 6.45) is 0.209. The molecule has 0 spiro atoms. The average Bonchev–Trinajstić information content (AvgIpc) is 2.93. The summed E-state index contributed by atoms with van der Waals surface area (Å²) in [6, 6.07) is 26.0. The molecule has 7 nitrogen and oxygen atoms in total. The zero-order valence-electron chi connectivity index (χ0n) is 20.5. The lowest BCUT2D eigenvalue weighted by atomic mass is 9.99. The number of hydrogen-bond acceptors (Lipinski definition) is 6. The molecule has 0 aliphatic heterocycles. The number of benzene rings is 4. The minimum Gasteiger partial charge on any atom is -0.507 e. The Bertz CT molecular complexity index is 1400. The molecule has 188 valence electrons. The number of carbonyl (C=O) groups excluding carboxylic acids is 2. The van der Waals surface area contributed by atoms with Gasteiger partial charge in [0.15, 0.2) is 11.5 Å². The minimum atomic E-state index is -0.965. The number of carbonyl (C=O) groups is 2. The summed E-state index contributed by atoms with van der Waals surface area (Å²) < 4.78 is 9.99. The Morgan fingerprint density at radius 3 is 2.03 bits per heavy atom. The van der Waals surface area contributed by atoms with Crippen molar-refractivity contribution in [3.05, 3.63) is 102 Å². The quantitative estimate of drug-likeness (QED) is 0.298. The summed E-state index contributed by atoms with van der Waals surface area (Å²) in [4.78, 5) is 25.6. The Morgan fingerprint density at radius 2 is 1.38 bits per heavy atom. The van der Waals surface area contributed by atoms with Crippen LogP contribution < -0.4 is 10.1 Å². The number of nitrogens with one attached hydrogen (secondary N) is 1. The molecule has 7 heteroatoms. The van der Waals surface area contributed by atoms with E-state index in [1.165, 1.54) is 32.4 Å². The Hall–Kier alpha value is -4.78. The van der Waals surface area contributed by atoms with E-state index in [4.69, 9.17) is 9.47 Å². The average molecular weight is 498 g/mol. The lowest BCUT2D eigenvalue weighted by Gasteiger charge is -2.18. The summed E-state index contributed by atoms with van der Waals surface area (Å²) >= 11 is 0. The normalized spacial score (nSPS) is 11.4. The van der Waals surface area contributed by atoms with Crippen LogP contribution in [0.5, 0.6) is 17.2 Å². The number of hydrogen-bond donors (Lipinski definition) is 3. The van der Waals surface area contributed by atoms with Gasteiger partial charge in [0.1, 0.15) is 11.8 Å². The molecule has 4 aromatic carbocycles. The Morgan fingerprint density at radius 1 is 0.757 bits per heavy atom. The highest BCUT2D eigenvalue weighted by Crippen LogP contribution is 2.33. The number of esters is 1. The largest absolute Gasteiger partial charge is 0.507 e. The number of methoxy groups -OCH3 is 2. The molecule has 0 aliphatic rings. The van der Waals surface area contributed by atoms with Crippen LogP contribution in [0.25, 0.3) is 22.3 Å². The molecule has 0 unspecified atom stereocenters. The zero-order valence-corrected chi connectivity index (χ0v) is 20.5. The van der Waals surface area contributed by atoms with Crippen LogP contribution in [0.1, 0.15) is 15.9 Å². The number of ether oxygens (including phenoxy) is 2. The first-order chi connectivity index (χ1) is 17.9. The van der Waals surface area contributed by atoms with Gasteiger partial charge < -0.3 is 25.0 Å². The van der Waals surface area contributed by atoms with Crippen molar-refractivity contribution in [3.8, 4) is 39.5 Å². The topological polar surface area (TPSA) is 105 Å². The van der Waals surface area contributed by atoms with Crippen LogP contribution >= 0.6 is 0 Å². The third kappa shape index (κ3) is 5.90. The predicted molar refractivity (Wildman–Crippen MR) is 141 cm³/mol. The number of phenolic OH excluding ortho intramolecular Hbond substituents is 2. The van der Waals surface area contributed by atoms with Gasteiger partial charge in [-0.15, -0.1) is 0 Å². The second kappa shape index (κ2) is 11.3. The number of rotatable bonds is 8. The highest BCUT2D eigenvalue weighted by molar-refractivity contribution is 6.00. The maximum absolute atomic E-state index is 13.1. The monoisotopic (exact) mass is 497 g/mol. The standard InChI is InChI=1S/C30H27NO6/c1-36-28-15-13-23(18-27(28)33)22-12-14-26(32)24(17-22)29(34)31-25(30(35)37-2)16-19-8-10-21(11-9-19)20-6-4-3-5-7-20/h3-15,17-18,25,32-33H,16H2,1-2H3,(H,31,34)/t25-/m0/s1. The summed E-state index contributed by atoms with van der Waals surface area (Å²) in [5.74, 6) is -1.21. The van der Waals surface area contributed by atoms with Crippen molar-refractivity contribution in [2.75, 3.05) is 14.2 Å².